The summed E-state index contributed by atoms with van der Waals surface area (Å²) in [6.07, 6.45) is 0.00803. The molecule has 1 unspecified atom stereocenters. The van der Waals surface area contributed by atoms with Gasteiger partial charge in [0, 0.05) is 22.9 Å². The number of amides is 1. The first-order valence-electron chi connectivity index (χ1n) is 9.21. The number of nitrogens with one attached hydrogen (secondary N) is 1. The van der Waals surface area contributed by atoms with E-state index >= 15 is 0 Å². The van der Waals surface area contributed by atoms with Crippen LogP contribution in [0, 0.1) is 0 Å². The molecule has 2 aromatic carbocycles. The van der Waals surface area contributed by atoms with E-state index in [0.29, 0.717) is 10.7 Å². The van der Waals surface area contributed by atoms with Crippen molar-refractivity contribution >= 4 is 34.8 Å². The SMILES string of the molecule is COc1cccc(-c2nc(COC(=O)CC(NC(C)=O)c3ccc(Cl)cc3)cs2)c1. The average molecular weight is 445 g/mol. The summed E-state index contributed by atoms with van der Waals surface area (Å²) in [5.41, 5.74) is 2.37. The van der Waals surface area contributed by atoms with Gasteiger partial charge in [0.25, 0.3) is 0 Å². The summed E-state index contributed by atoms with van der Waals surface area (Å²) < 4.78 is 10.6. The lowest BCUT2D eigenvalue weighted by Crippen LogP contribution is -2.28. The van der Waals surface area contributed by atoms with Crippen molar-refractivity contribution in [1.82, 2.24) is 10.3 Å². The Hall–Kier alpha value is -2.90. The van der Waals surface area contributed by atoms with Crippen LogP contribution in [0.4, 0.5) is 0 Å². The minimum atomic E-state index is -0.491. The zero-order valence-corrected chi connectivity index (χ0v) is 18.1. The molecule has 1 atom stereocenters. The number of carbonyl (C=O) groups excluding carboxylic acids is 2. The first kappa shape index (κ1) is 21.8. The summed E-state index contributed by atoms with van der Waals surface area (Å²) in [4.78, 5) is 28.4. The Morgan fingerprint density at radius 2 is 1.97 bits per heavy atom. The molecule has 30 heavy (non-hydrogen) atoms. The van der Waals surface area contributed by atoms with Crippen molar-refractivity contribution in [3.05, 3.63) is 70.2 Å². The molecule has 8 heteroatoms. The maximum absolute atomic E-state index is 12.4. The highest BCUT2D eigenvalue weighted by molar-refractivity contribution is 7.13. The molecule has 0 bridgehead atoms. The van der Waals surface area contributed by atoms with Gasteiger partial charge in [-0.3, -0.25) is 9.59 Å². The third kappa shape index (κ3) is 6.05. The molecule has 1 aromatic heterocycles. The number of benzene rings is 2. The number of halogens is 1. The van der Waals surface area contributed by atoms with Gasteiger partial charge in [-0.15, -0.1) is 11.3 Å². The predicted molar refractivity (Wildman–Crippen MR) is 117 cm³/mol. The number of hydrogen-bond donors (Lipinski definition) is 1. The molecule has 0 radical (unpaired) electrons. The van der Waals surface area contributed by atoms with Gasteiger partial charge in [0.05, 0.1) is 25.3 Å². The lowest BCUT2D eigenvalue weighted by molar-refractivity contribution is -0.145. The summed E-state index contributed by atoms with van der Waals surface area (Å²) in [7, 11) is 1.62. The minimum Gasteiger partial charge on any atom is -0.497 e. The summed E-state index contributed by atoms with van der Waals surface area (Å²) in [6.45, 7) is 1.47. The second-order valence-electron chi connectivity index (χ2n) is 6.55. The number of nitrogens with zero attached hydrogens (tertiary/aromatic N) is 1. The Balaban J connectivity index is 1.61. The Bertz CT molecular complexity index is 1020. The molecule has 1 heterocycles. The molecule has 156 valence electrons. The van der Waals surface area contributed by atoms with Crippen LogP contribution in [-0.2, 0) is 20.9 Å². The summed E-state index contributed by atoms with van der Waals surface area (Å²) in [5, 5.41) is 6.03. The van der Waals surface area contributed by atoms with Crippen LogP contribution in [0.25, 0.3) is 10.6 Å². The zero-order valence-electron chi connectivity index (χ0n) is 16.6. The predicted octanol–water partition coefficient (Wildman–Crippen LogP) is 4.78. The Labute approximate surface area is 183 Å². The number of methoxy groups -OCH3 is 1. The van der Waals surface area contributed by atoms with Crippen LogP contribution in [-0.4, -0.2) is 24.0 Å². The van der Waals surface area contributed by atoms with Gasteiger partial charge >= 0.3 is 5.97 Å². The molecule has 3 aromatic rings. The van der Waals surface area contributed by atoms with Gasteiger partial charge in [-0.1, -0.05) is 35.9 Å². The van der Waals surface area contributed by atoms with Crippen molar-refractivity contribution in [3.63, 3.8) is 0 Å². The molecule has 0 fully saturated rings. The molecular formula is C22H21ClN2O4S. The molecule has 3 rings (SSSR count). The summed E-state index contributed by atoms with van der Waals surface area (Å²) in [6, 6.07) is 14.1. The maximum atomic E-state index is 12.4. The number of aromatic nitrogens is 1. The summed E-state index contributed by atoms with van der Waals surface area (Å²) >= 11 is 7.38. The lowest BCUT2D eigenvalue weighted by atomic mass is 10.0. The van der Waals surface area contributed by atoms with Gasteiger partial charge in [0.2, 0.25) is 5.91 Å². The van der Waals surface area contributed by atoms with E-state index in [-0.39, 0.29) is 18.9 Å². The zero-order chi connectivity index (χ0) is 21.5. The molecule has 1 amide bonds. The normalized spacial score (nSPS) is 11.6. The van der Waals surface area contributed by atoms with Crippen molar-refractivity contribution in [2.45, 2.75) is 26.0 Å². The fourth-order valence-corrected chi connectivity index (χ4v) is 3.76. The highest BCUT2D eigenvalue weighted by Crippen LogP contribution is 2.27. The third-order valence-electron chi connectivity index (χ3n) is 4.27. The van der Waals surface area contributed by atoms with Crippen molar-refractivity contribution in [2.24, 2.45) is 0 Å². The van der Waals surface area contributed by atoms with Gasteiger partial charge < -0.3 is 14.8 Å². The van der Waals surface area contributed by atoms with E-state index in [2.05, 4.69) is 10.3 Å². The summed E-state index contributed by atoms with van der Waals surface area (Å²) in [5.74, 6) is 0.0895. The van der Waals surface area contributed by atoms with E-state index in [4.69, 9.17) is 21.1 Å². The molecule has 0 spiro atoms. The second kappa shape index (κ2) is 10.2. The maximum Gasteiger partial charge on any atom is 0.308 e. The Morgan fingerprint density at radius 1 is 1.20 bits per heavy atom. The van der Waals surface area contributed by atoms with Crippen LogP contribution in [0.2, 0.25) is 5.02 Å². The number of hydrogen-bond acceptors (Lipinski definition) is 6. The Morgan fingerprint density at radius 3 is 2.67 bits per heavy atom. The molecule has 6 nitrogen and oxygen atoms in total. The number of esters is 1. The smallest absolute Gasteiger partial charge is 0.308 e. The molecule has 1 N–H and O–H groups in total. The van der Waals surface area contributed by atoms with Gasteiger partial charge in [0.15, 0.2) is 0 Å². The fourth-order valence-electron chi connectivity index (χ4n) is 2.83. The average Bonchev–Trinajstić information content (AvgIpc) is 3.21. The molecule has 0 aliphatic carbocycles. The van der Waals surface area contributed by atoms with Crippen LogP contribution < -0.4 is 10.1 Å². The van der Waals surface area contributed by atoms with Gasteiger partial charge in [-0.25, -0.2) is 4.98 Å². The molecule has 0 saturated heterocycles. The van der Waals surface area contributed by atoms with Crippen molar-refractivity contribution in [2.75, 3.05) is 7.11 Å². The van der Waals surface area contributed by atoms with Crippen molar-refractivity contribution in [3.8, 4) is 16.3 Å². The van der Waals surface area contributed by atoms with E-state index in [1.54, 1.807) is 31.4 Å². The quantitative estimate of drug-likeness (QED) is 0.506. The second-order valence-corrected chi connectivity index (χ2v) is 7.84. The molecule has 0 saturated carbocycles. The number of thiazole rings is 1. The van der Waals surface area contributed by atoms with Gasteiger partial charge in [0.1, 0.15) is 17.4 Å². The molecule has 0 aliphatic heterocycles. The fraction of sp³-hybridized carbons (Fsp3) is 0.227. The van der Waals surface area contributed by atoms with Crippen molar-refractivity contribution in [1.29, 1.82) is 0 Å². The van der Waals surface area contributed by atoms with Gasteiger partial charge in [-0.2, -0.15) is 0 Å². The number of rotatable bonds is 8. The standard InChI is InChI=1S/C22H21ClN2O4S/c1-14(26)24-20(15-6-8-17(23)9-7-15)11-21(27)29-12-18-13-30-22(25-18)16-4-3-5-19(10-16)28-2/h3-10,13,20H,11-12H2,1-2H3,(H,24,26). The highest BCUT2D eigenvalue weighted by Gasteiger charge is 2.18. The first-order valence-corrected chi connectivity index (χ1v) is 10.5. The lowest BCUT2D eigenvalue weighted by Gasteiger charge is -2.17. The molecule has 0 aliphatic rings. The van der Waals surface area contributed by atoms with E-state index in [1.807, 2.05) is 29.6 Å². The van der Waals surface area contributed by atoms with E-state index in [9.17, 15) is 9.59 Å². The van der Waals surface area contributed by atoms with E-state index in [0.717, 1.165) is 21.9 Å². The van der Waals surface area contributed by atoms with Gasteiger partial charge in [-0.05, 0) is 29.8 Å². The van der Waals surface area contributed by atoms with Crippen molar-refractivity contribution < 1.29 is 19.1 Å². The minimum absolute atomic E-state index is 0.00803. The third-order valence-corrected chi connectivity index (χ3v) is 5.46. The highest BCUT2D eigenvalue weighted by atomic mass is 35.5. The van der Waals surface area contributed by atoms with Crippen LogP contribution in [0.5, 0.6) is 5.75 Å². The van der Waals surface area contributed by atoms with Crippen LogP contribution in [0.1, 0.15) is 30.6 Å². The first-order chi connectivity index (χ1) is 14.4. The Kier molecular flexibility index (Phi) is 7.43. The largest absolute Gasteiger partial charge is 0.497 e. The molecular weight excluding hydrogens is 424 g/mol. The van der Waals surface area contributed by atoms with Crippen LogP contribution >= 0.6 is 22.9 Å². The van der Waals surface area contributed by atoms with E-state index < -0.39 is 12.0 Å². The number of carbonyl (C=O) groups is 2. The topological polar surface area (TPSA) is 77.5 Å². The monoisotopic (exact) mass is 444 g/mol. The van der Waals surface area contributed by atoms with Crippen LogP contribution in [0.3, 0.4) is 0 Å². The van der Waals surface area contributed by atoms with E-state index in [1.165, 1.54) is 18.3 Å². The van der Waals surface area contributed by atoms with Crippen LogP contribution in [0.15, 0.2) is 53.9 Å². The number of ether oxygens (including phenoxy) is 2.